The lowest BCUT2D eigenvalue weighted by Crippen LogP contribution is -2.45. The van der Waals surface area contributed by atoms with E-state index in [-0.39, 0.29) is 18.0 Å². The van der Waals surface area contributed by atoms with Gasteiger partial charge in [0.25, 0.3) is 5.82 Å². The van der Waals surface area contributed by atoms with Gasteiger partial charge < -0.3 is 10.2 Å². The minimum Gasteiger partial charge on any atom is -0.354 e. The van der Waals surface area contributed by atoms with E-state index in [1.54, 1.807) is 4.90 Å². The summed E-state index contributed by atoms with van der Waals surface area (Å²) in [6, 6.07) is 2.73. The van der Waals surface area contributed by atoms with Gasteiger partial charge in [0.05, 0.1) is 5.92 Å². The molecule has 0 saturated carbocycles. The number of anilines is 1. The normalized spacial score (nSPS) is 18.7. The third-order valence-electron chi connectivity index (χ3n) is 4.08. The highest BCUT2D eigenvalue weighted by molar-refractivity contribution is 5.79. The molecule has 13 heteroatoms. The number of carbonyl (C=O) groups excluding carboxylic acids is 1. The fourth-order valence-electron chi connectivity index (χ4n) is 2.86. The zero-order valence-corrected chi connectivity index (χ0v) is 13.7. The Labute approximate surface area is 148 Å². The van der Waals surface area contributed by atoms with Gasteiger partial charge in [0.1, 0.15) is 12.4 Å². The van der Waals surface area contributed by atoms with Crippen LogP contribution in [0, 0.1) is 5.92 Å². The summed E-state index contributed by atoms with van der Waals surface area (Å²) in [5, 5.41) is 12.2. The molecule has 0 radical (unpaired) electrons. The Hall–Kier alpha value is -2.60. The monoisotopic (exact) mass is 396 g/mol. The van der Waals surface area contributed by atoms with Crippen molar-refractivity contribution in [2.75, 3.05) is 24.5 Å². The molecule has 7 nitrogen and oxygen atoms in total. The molecular formula is C14H14F6N6O. The third-order valence-corrected chi connectivity index (χ3v) is 4.08. The van der Waals surface area contributed by atoms with Crippen LogP contribution in [0.4, 0.5) is 32.2 Å². The van der Waals surface area contributed by atoms with Crippen molar-refractivity contribution >= 4 is 17.4 Å². The van der Waals surface area contributed by atoms with E-state index in [9.17, 15) is 31.1 Å². The molecule has 1 fully saturated rings. The summed E-state index contributed by atoms with van der Waals surface area (Å²) in [6.07, 6.45) is -8.40. The summed E-state index contributed by atoms with van der Waals surface area (Å²) >= 11 is 0. The fraction of sp³-hybridized carbons (Fsp3) is 0.571. The van der Waals surface area contributed by atoms with E-state index >= 15 is 0 Å². The second kappa shape index (κ2) is 6.85. The number of carbonyl (C=O) groups is 1. The van der Waals surface area contributed by atoms with Crippen LogP contribution in [-0.4, -0.2) is 51.5 Å². The smallest absolute Gasteiger partial charge is 0.354 e. The first-order valence-electron chi connectivity index (χ1n) is 7.94. The molecule has 2 aromatic heterocycles. The topological polar surface area (TPSA) is 75.4 Å². The highest BCUT2D eigenvalue weighted by atomic mass is 19.4. The van der Waals surface area contributed by atoms with Crippen LogP contribution < -0.4 is 10.2 Å². The van der Waals surface area contributed by atoms with E-state index in [2.05, 4.69) is 15.3 Å². The number of alkyl halides is 6. The molecule has 1 N–H and O–H groups in total. The van der Waals surface area contributed by atoms with Crippen molar-refractivity contribution in [3.05, 3.63) is 18.0 Å². The predicted octanol–water partition coefficient (Wildman–Crippen LogP) is 2.04. The van der Waals surface area contributed by atoms with Crippen molar-refractivity contribution in [2.24, 2.45) is 5.92 Å². The Bertz CT molecular complexity index is 832. The van der Waals surface area contributed by atoms with E-state index in [1.165, 1.54) is 12.1 Å². The van der Waals surface area contributed by atoms with Crippen LogP contribution in [-0.2, 0) is 11.0 Å². The average molecular weight is 396 g/mol. The lowest BCUT2D eigenvalue weighted by molar-refractivity contribution is -0.146. The molecular weight excluding hydrogens is 382 g/mol. The maximum atomic E-state index is 13.0. The van der Waals surface area contributed by atoms with Gasteiger partial charge in [-0.25, -0.2) is 0 Å². The largest absolute Gasteiger partial charge is 0.453 e. The molecule has 148 valence electrons. The van der Waals surface area contributed by atoms with Gasteiger partial charge in [-0.1, -0.05) is 0 Å². The van der Waals surface area contributed by atoms with Gasteiger partial charge in [0, 0.05) is 13.1 Å². The Morgan fingerprint density at radius 2 is 1.93 bits per heavy atom. The summed E-state index contributed by atoms with van der Waals surface area (Å²) in [4.78, 5) is 13.5. The van der Waals surface area contributed by atoms with Crippen molar-refractivity contribution < 1.29 is 31.1 Å². The first-order valence-corrected chi connectivity index (χ1v) is 7.94. The molecule has 0 aromatic carbocycles. The van der Waals surface area contributed by atoms with Crippen LogP contribution in [0.2, 0.25) is 0 Å². The Balaban J connectivity index is 1.77. The van der Waals surface area contributed by atoms with Crippen LogP contribution in [0.5, 0.6) is 0 Å². The predicted molar refractivity (Wildman–Crippen MR) is 79.8 cm³/mol. The number of fused-ring (bicyclic) bond motifs is 1. The van der Waals surface area contributed by atoms with Crippen LogP contribution in [0.25, 0.3) is 5.65 Å². The summed E-state index contributed by atoms with van der Waals surface area (Å²) in [5.41, 5.74) is -0.0949. The number of aromatic nitrogens is 4. The highest BCUT2D eigenvalue weighted by Gasteiger charge is 2.38. The van der Waals surface area contributed by atoms with E-state index in [4.69, 9.17) is 0 Å². The molecule has 1 atom stereocenters. The van der Waals surface area contributed by atoms with Crippen molar-refractivity contribution in [2.45, 2.75) is 25.2 Å². The first kappa shape index (κ1) is 19.2. The number of nitrogens with one attached hydrogen (secondary N) is 1. The fourth-order valence-corrected chi connectivity index (χ4v) is 2.86. The average Bonchev–Trinajstić information content (AvgIpc) is 3.02. The summed E-state index contributed by atoms with van der Waals surface area (Å²) < 4.78 is 76.1. The van der Waals surface area contributed by atoms with Crippen molar-refractivity contribution in [1.82, 2.24) is 25.1 Å². The van der Waals surface area contributed by atoms with Gasteiger partial charge in [0.15, 0.2) is 5.65 Å². The highest BCUT2D eigenvalue weighted by Crippen LogP contribution is 2.28. The van der Waals surface area contributed by atoms with Crippen LogP contribution in [0.3, 0.4) is 0 Å². The molecule has 27 heavy (non-hydrogen) atoms. The number of hydrogen-bond acceptors (Lipinski definition) is 5. The lowest BCUT2D eigenvalue weighted by atomic mass is 9.97. The number of nitrogens with zero attached hydrogens (tertiary/aromatic N) is 5. The second-order valence-corrected chi connectivity index (χ2v) is 6.10. The lowest BCUT2D eigenvalue weighted by Gasteiger charge is -2.32. The summed E-state index contributed by atoms with van der Waals surface area (Å²) in [5.74, 6) is -2.60. The van der Waals surface area contributed by atoms with Crippen LogP contribution in [0.15, 0.2) is 12.1 Å². The molecule has 3 heterocycles. The Kier molecular flexibility index (Phi) is 4.86. The molecule has 1 saturated heterocycles. The second-order valence-electron chi connectivity index (χ2n) is 6.10. The zero-order chi connectivity index (χ0) is 19.8. The minimum absolute atomic E-state index is 0.0473. The standard InChI is InChI=1S/C14H14F6N6O/c15-13(16,17)7-21-11(27)8-2-1-5-25(6-8)10-4-3-9-22-23-12(14(18,19)20)26(9)24-10/h3-4,8H,1-2,5-7H2,(H,21,27). The maximum absolute atomic E-state index is 13.0. The number of halogens is 6. The molecule has 1 unspecified atom stereocenters. The number of hydrogen-bond donors (Lipinski definition) is 1. The van der Waals surface area contributed by atoms with E-state index in [1.807, 2.05) is 5.32 Å². The van der Waals surface area contributed by atoms with E-state index in [0.717, 1.165) is 0 Å². The molecule has 1 aliphatic rings. The van der Waals surface area contributed by atoms with Gasteiger partial charge in [0.2, 0.25) is 5.91 Å². The van der Waals surface area contributed by atoms with Crippen molar-refractivity contribution in [1.29, 1.82) is 0 Å². The molecule has 3 rings (SSSR count). The van der Waals surface area contributed by atoms with E-state index < -0.39 is 36.5 Å². The summed E-state index contributed by atoms with van der Waals surface area (Å²) in [7, 11) is 0. The van der Waals surface area contributed by atoms with Gasteiger partial charge in [-0.05, 0) is 25.0 Å². The van der Waals surface area contributed by atoms with Gasteiger partial charge >= 0.3 is 12.4 Å². The zero-order valence-electron chi connectivity index (χ0n) is 13.7. The molecule has 0 bridgehead atoms. The van der Waals surface area contributed by atoms with E-state index in [0.29, 0.717) is 23.9 Å². The Morgan fingerprint density at radius 1 is 1.19 bits per heavy atom. The first-order chi connectivity index (χ1) is 12.5. The third kappa shape index (κ3) is 4.39. The van der Waals surface area contributed by atoms with Crippen LogP contribution in [0.1, 0.15) is 18.7 Å². The number of rotatable bonds is 3. The molecule has 2 aromatic rings. The molecule has 0 aliphatic carbocycles. The van der Waals surface area contributed by atoms with Gasteiger partial charge in [-0.3, -0.25) is 4.79 Å². The number of amides is 1. The van der Waals surface area contributed by atoms with Crippen molar-refractivity contribution in [3.63, 3.8) is 0 Å². The number of piperidine rings is 1. The summed E-state index contributed by atoms with van der Waals surface area (Å²) in [6.45, 7) is -0.973. The minimum atomic E-state index is -4.74. The van der Waals surface area contributed by atoms with Gasteiger partial charge in [-0.15, -0.1) is 15.3 Å². The molecule has 1 amide bonds. The quantitative estimate of drug-likeness (QED) is 0.804. The maximum Gasteiger partial charge on any atom is 0.453 e. The Morgan fingerprint density at radius 3 is 2.59 bits per heavy atom. The SMILES string of the molecule is O=C(NCC(F)(F)F)C1CCCN(c2ccc3nnc(C(F)(F)F)n3n2)C1. The molecule has 1 aliphatic heterocycles. The molecule has 0 spiro atoms. The van der Waals surface area contributed by atoms with Gasteiger partial charge in [-0.2, -0.15) is 30.9 Å². The van der Waals surface area contributed by atoms with Crippen LogP contribution >= 0.6 is 0 Å². The van der Waals surface area contributed by atoms with Crippen molar-refractivity contribution in [3.8, 4) is 0 Å².